The Morgan fingerprint density at radius 3 is 2.58 bits per heavy atom. The van der Waals surface area contributed by atoms with Crippen LogP contribution in [0.25, 0.3) is 0 Å². The van der Waals surface area contributed by atoms with Crippen molar-refractivity contribution < 1.29 is 14.3 Å². The van der Waals surface area contributed by atoms with Gasteiger partial charge in [0.05, 0.1) is 12.8 Å². The van der Waals surface area contributed by atoms with Crippen molar-refractivity contribution in [3.05, 3.63) is 48.5 Å². The maximum atomic E-state index is 12.9. The second-order valence-electron chi connectivity index (χ2n) is 5.60. The second kappa shape index (κ2) is 7.62. The van der Waals surface area contributed by atoms with Gasteiger partial charge in [-0.25, -0.2) is 0 Å². The first-order valence-electron chi connectivity index (χ1n) is 8.03. The Labute approximate surface area is 146 Å². The minimum atomic E-state index is -0.547. The summed E-state index contributed by atoms with van der Waals surface area (Å²) < 4.78 is 11.0. The number of hydrogen-bond acceptors (Lipinski definition) is 4. The van der Waals surface area contributed by atoms with Crippen LogP contribution in [-0.2, 0) is 4.79 Å². The molecule has 0 saturated carbocycles. The number of methoxy groups -OCH3 is 1. The molecule has 1 heterocycles. The second-order valence-corrected chi connectivity index (χ2v) is 6.73. The summed E-state index contributed by atoms with van der Waals surface area (Å²) in [5, 5.41) is 0. The number of anilines is 1. The first kappa shape index (κ1) is 16.7. The number of carbonyl (C=O) groups is 1. The molecule has 0 unspecified atom stereocenters. The average molecular weight is 343 g/mol. The molecule has 0 aromatic heterocycles. The predicted molar refractivity (Wildman–Crippen MR) is 97.2 cm³/mol. The highest BCUT2D eigenvalue weighted by Gasteiger charge is 2.26. The van der Waals surface area contributed by atoms with Gasteiger partial charge in [0.25, 0.3) is 5.91 Å². The molecule has 0 saturated heterocycles. The van der Waals surface area contributed by atoms with E-state index in [1.54, 1.807) is 25.8 Å². The van der Waals surface area contributed by atoms with E-state index in [4.69, 9.17) is 9.47 Å². The molecule has 5 heteroatoms. The van der Waals surface area contributed by atoms with Gasteiger partial charge in [-0.15, -0.1) is 11.8 Å². The molecule has 0 radical (unpaired) electrons. The lowest BCUT2D eigenvalue weighted by molar-refractivity contribution is -0.124. The summed E-state index contributed by atoms with van der Waals surface area (Å²) in [4.78, 5) is 15.9. The molecular formula is C19H21NO3S. The van der Waals surface area contributed by atoms with Crippen molar-refractivity contribution in [2.24, 2.45) is 0 Å². The Balaban J connectivity index is 1.75. The molecule has 0 spiro atoms. The summed E-state index contributed by atoms with van der Waals surface area (Å²) in [6, 6.07) is 15.3. The molecule has 4 nitrogen and oxygen atoms in total. The van der Waals surface area contributed by atoms with Gasteiger partial charge in [-0.2, -0.15) is 0 Å². The SMILES string of the molecule is COc1ccc(O[C@@H](C)C(=O)N2CCCSc3ccccc32)cc1. The van der Waals surface area contributed by atoms with Crippen LogP contribution in [0.1, 0.15) is 13.3 Å². The first-order chi connectivity index (χ1) is 11.7. The molecular weight excluding hydrogens is 322 g/mol. The number of carbonyl (C=O) groups excluding carboxylic acids is 1. The molecule has 0 aliphatic carbocycles. The number of rotatable bonds is 4. The number of benzene rings is 2. The van der Waals surface area contributed by atoms with Crippen LogP contribution in [0.3, 0.4) is 0 Å². The van der Waals surface area contributed by atoms with Crippen molar-refractivity contribution in [1.29, 1.82) is 0 Å². The number of amides is 1. The third kappa shape index (κ3) is 3.67. The van der Waals surface area contributed by atoms with Gasteiger partial charge in [0.15, 0.2) is 6.10 Å². The van der Waals surface area contributed by atoms with Gasteiger partial charge in [-0.1, -0.05) is 12.1 Å². The molecule has 0 fully saturated rings. The highest BCUT2D eigenvalue weighted by atomic mass is 32.2. The van der Waals surface area contributed by atoms with Gasteiger partial charge in [0.1, 0.15) is 11.5 Å². The molecule has 1 atom stereocenters. The summed E-state index contributed by atoms with van der Waals surface area (Å²) in [5.74, 6) is 2.43. The standard InChI is InChI=1S/C19H21NO3S/c1-14(23-16-10-8-15(22-2)9-11-16)19(21)20-12-5-13-24-18-7-4-3-6-17(18)20/h3-4,6-11,14H,5,12-13H2,1-2H3/t14-/m0/s1. The van der Waals surface area contributed by atoms with Crippen LogP contribution in [0, 0.1) is 0 Å². The molecule has 1 amide bonds. The zero-order chi connectivity index (χ0) is 16.9. The van der Waals surface area contributed by atoms with E-state index in [9.17, 15) is 4.79 Å². The zero-order valence-corrected chi connectivity index (χ0v) is 14.7. The average Bonchev–Trinajstić information content (AvgIpc) is 2.84. The van der Waals surface area contributed by atoms with E-state index in [1.807, 2.05) is 47.4 Å². The molecule has 2 aromatic rings. The summed E-state index contributed by atoms with van der Waals surface area (Å²) in [6.07, 6.45) is 0.426. The van der Waals surface area contributed by atoms with Crippen LogP contribution in [0.2, 0.25) is 0 Å². The molecule has 0 N–H and O–H groups in total. The lowest BCUT2D eigenvalue weighted by Gasteiger charge is -2.26. The fourth-order valence-corrected chi connectivity index (χ4v) is 3.68. The van der Waals surface area contributed by atoms with E-state index in [0.717, 1.165) is 35.1 Å². The molecule has 24 heavy (non-hydrogen) atoms. The Kier molecular flexibility index (Phi) is 5.30. The highest BCUT2D eigenvalue weighted by molar-refractivity contribution is 7.99. The van der Waals surface area contributed by atoms with E-state index >= 15 is 0 Å². The van der Waals surface area contributed by atoms with E-state index in [2.05, 4.69) is 6.07 Å². The number of para-hydroxylation sites is 1. The summed E-state index contributed by atoms with van der Waals surface area (Å²) in [6.45, 7) is 2.52. The maximum Gasteiger partial charge on any atom is 0.267 e. The van der Waals surface area contributed by atoms with Crippen molar-refractivity contribution in [3.8, 4) is 11.5 Å². The molecule has 2 aromatic carbocycles. The third-order valence-electron chi connectivity index (χ3n) is 3.93. The largest absolute Gasteiger partial charge is 0.497 e. The van der Waals surface area contributed by atoms with Crippen LogP contribution in [0.15, 0.2) is 53.4 Å². The fourth-order valence-electron chi connectivity index (χ4n) is 2.68. The summed E-state index contributed by atoms with van der Waals surface area (Å²) in [7, 11) is 1.62. The van der Waals surface area contributed by atoms with Crippen molar-refractivity contribution in [2.45, 2.75) is 24.3 Å². The molecule has 1 aliphatic heterocycles. The van der Waals surface area contributed by atoms with E-state index < -0.39 is 6.10 Å². The van der Waals surface area contributed by atoms with Gasteiger partial charge >= 0.3 is 0 Å². The van der Waals surface area contributed by atoms with Gasteiger partial charge in [0.2, 0.25) is 0 Å². The molecule has 3 rings (SSSR count). The zero-order valence-electron chi connectivity index (χ0n) is 13.9. The Bertz CT molecular complexity index is 702. The molecule has 126 valence electrons. The van der Waals surface area contributed by atoms with Crippen molar-refractivity contribution >= 4 is 23.4 Å². The fraction of sp³-hybridized carbons (Fsp3) is 0.316. The van der Waals surface area contributed by atoms with E-state index in [-0.39, 0.29) is 5.91 Å². The van der Waals surface area contributed by atoms with Crippen molar-refractivity contribution in [2.75, 3.05) is 24.3 Å². The van der Waals surface area contributed by atoms with Crippen LogP contribution >= 0.6 is 11.8 Å². The van der Waals surface area contributed by atoms with Crippen LogP contribution < -0.4 is 14.4 Å². The number of fused-ring (bicyclic) bond motifs is 1. The number of ether oxygens (including phenoxy) is 2. The minimum Gasteiger partial charge on any atom is -0.497 e. The number of thioether (sulfide) groups is 1. The van der Waals surface area contributed by atoms with Crippen molar-refractivity contribution in [1.82, 2.24) is 0 Å². The van der Waals surface area contributed by atoms with Crippen LogP contribution in [0.5, 0.6) is 11.5 Å². The number of nitrogens with zero attached hydrogens (tertiary/aromatic N) is 1. The Hall–Kier alpha value is -2.14. The summed E-state index contributed by atoms with van der Waals surface area (Å²) in [5.41, 5.74) is 0.982. The maximum absolute atomic E-state index is 12.9. The first-order valence-corrected chi connectivity index (χ1v) is 9.01. The highest BCUT2D eigenvalue weighted by Crippen LogP contribution is 2.34. The van der Waals surface area contributed by atoms with Gasteiger partial charge in [-0.05, 0) is 55.5 Å². The normalized spacial score (nSPS) is 15.2. The van der Waals surface area contributed by atoms with Crippen LogP contribution in [0.4, 0.5) is 5.69 Å². The Morgan fingerprint density at radius 1 is 1.12 bits per heavy atom. The van der Waals surface area contributed by atoms with Crippen molar-refractivity contribution in [3.63, 3.8) is 0 Å². The predicted octanol–water partition coefficient (Wildman–Crippen LogP) is 3.99. The topological polar surface area (TPSA) is 38.8 Å². The lowest BCUT2D eigenvalue weighted by atomic mass is 10.2. The smallest absolute Gasteiger partial charge is 0.267 e. The van der Waals surface area contributed by atoms with Gasteiger partial charge in [0, 0.05) is 11.4 Å². The number of hydrogen-bond donors (Lipinski definition) is 0. The molecule has 1 aliphatic rings. The third-order valence-corrected chi connectivity index (χ3v) is 5.07. The van der Waals surface area contributed by atoms with Crippen LogP contribution in [-0.4, -0.2) is 31.4 Å². The molecule has 0 bridgehead atoms. The van der Waals surface area contributed by atoms with Gasteiger partial charge in [-0.3, -0.25) is 4.79 Å². The monoisotopic (exact) mass is 343 g/mol. The Morgan fingerprint density at radius 2 is 1.83 bits per heavy atom. The van der Waals surface area contributed by atoms with E-state index in [0.29, 0.717) is 5.75 Å². The van der Waals surface area contributed by atoms with Gasteiger partial charge < -0.3 is 14.4 Å². The minimum absolute atomic E-state index is 0.0132. The lowest BCUT2D eigenvalue weighted by Crippen LogP contribution is -2.41. The van der Waals surface area contributed by atoms with E-state index in [1.165, 1.54) is 0 Å². The quantitative estimate of drug-likeness (QED) is 0.841. The summed E-state index contributed by atoms with van der Waals surface area (Å²) >= 11 is 1.80.